The molecule has 17 heavy (non-hydrogen) atoms. The maximum absolute atomic E-state index is 6.13. The first-order chi connectivity index (χ1) is 7.99. The number of aromatic nitrogens is 2. The number of nitrogens with two attached hydrogens (primary N) is 1. The Labute approximate surface area is 106 Å². The SMILES string of the molecule is Cc1cc(C)n(C(c2ccc(C)s2)C(C)N)n1. The highest BCUT2D eigenvalue weighted by Crippen LogP contribution is 2.28. The van der Waals surface area contributed by atoms with Crippen LogP contribution in [-0.2, 0) is 0 Å². The van der Waals surface area contributed by atoms with Crippen LogP contribution in [-0.4, -0.2) is 15.8 Å². The smallest absolute Gasteiger partial charge is 0.101 e. The molecule has 2 N–H and O–H groups in total. The van der Waals surface area contributed by atoms with Gasteiger partial charge >= 0.3 is 0 Å². The second-order valence-electron chi connectivity index (χ2n) is 4.62. The van der Waals surface area contributed by atoms with E-state index in [4.69, 9.17) is 5.73 Å². The topological polar surface area (TPSA) is 43.8 Å². The summed E-state index contributed by atoms with van der Waals surface area (Å²) in [7, 11) is 0. The van der Waals surface area contributed by atoms with Crippen LogP contribution in [0.25, 0.3) is 0 Å². The van der Waals surface area contributed by atoms with Crippen molar-refractivity contribution in [2.45, 2.75) is 39.8 Å². The Bertz CT molecular complexity index is 510. The molecule has 0 aliphatic heterocycles. The Morgan fingerprint density at radius 3 is 2.41 bits per heavy atom. The van der Waals surface area contributed by atoms with E-state index in [0.29, 0.717) is 0 Å². The molecular formula is C13H19N3S. The lowest BCUT2D eigenvalue weighted by molar-refractivity contribution is 0.450. The molecule has 0 aliphatic carbocycles. The molecule has 0 amide bonds. The van der Waals surface area contributed by atoms with Gasteiger partial charge < -0.3 is 5.73 Å². The Kier molecular flexibility index (Phi) is 3.35. The first-order valence-electron chi connectivity index (χ1n) is 5.83. The van der Waals surface area contributed by atoms with Gasteiger partial charge in [0, 0.05) is 21.5 Å². The van der Waals surface area contributed by atoms with E-state index in [1.807, 2.05) is 18.5 Å². The van der Waals surface area contributed by atoms with Gasteiger partial charge in [-0.25, -0.2) is 0 Å². The minimum absolute atomic E-state index is 0.0473. The van der Waals surface area contributed by atoms with Crippen LogP contribution in [0, 0.1) is 20.8 Å². The van der Waals surface area contributed by atoms with Crippen LogP contribution in [0.2, 0.25) is 0 Å². The molecule has 2 rings (SSSR count). The standard InChI is InChI=1S/C13H19N3S/c1-8-7-9(2)16(15-8)13(11(4)14)12-6-5-10(3)17-12/h5-7,11,13H,14H2,1-4H3. The number of hydrogen-bond donors (Lipinski definition) is 1. The van der Waals surface area contributed by atoms with Gasteiger partial charge in [-0.1, -0.05) is 0 Å². The lowest BCUT2D eigenvalue weighted by Gasteiger charge is -2.21. The second-order valence-corrected chi connectivity index (χ2v) is 5.94. The summed E-state index contributed by atoms with van der Waals surface area (Å²) in [5.41, 5.74) is 8.34. The van der Waals surface area contributed by atoms with Gasteiger partial charge in [-0.2, -0.15) is 5.10 Å². The molecule has 2 atom stereocenters. The van der Waals surface area contributed by atoms with Gasteiger partial charge in [-0.15, -0.1) is 11.3 Å². The average Bonchev–Trinajstić information content (AvgIpc) is 2.75. The third kappa shape index (κ3) is 2.42. The van der Waals surface area contributed by atoms with Crippen LogP contribution < -0.4 is 5.73 Å². The molecule has 0 saturated heterocycles. The monoisotopic (exact) mass is 249 g/mol. The minimum Gasteiger partial charge on any atom is -0.326 e. The molecule has 0 radical (unpaired) electrons. The molecule has 0 fully saturated rings. The van der Waals surface area contributed by atoms with E-state index in [1.54, 1.807) is 11.3 Å². The van der Waals surface area contributed by atoms with Gasteiger partial charge in [0.2, 0.25) is 0 Å². The number of aryl methyl sites for hydroxylation is 3. The van der Waals surface area contributed by atoms with Gasteiger partial charge in [-0.05, 0) is 45.9 Å². The van der Waals surface area contributed by atoms with Gasteiger partial charge in [0.1, 0.15) is 6.04 Å². The Balaban J connectivity index is 2.46. The van der Waals surface area contributed by atoms with Crippen molar-refractivity contribution in [2.75, 3.05) is 0 Å². The van der Waals surface area contributed by atoms with E-state index >= 15 is 0 Å². The number of hydrogen-bond acceptors (Lipinski definition) is 3. The van der Waals surface area contributed by atoms with Crippen LogP contribution in [0.1, 0.15) is 34.1 Å². The molecule has 2 heterocycles. The molecule has 2 unspecified atom stereocenters. The molecule has 0 spiro atoms. The zero-order valence-corrected chi connectivity index (χ0v) is 11.6. The van der Waals surface area contributed by atoms with Crippen LogP contribution in [0.15, 0.2) is 18.2 Å². The predicted molar refractivity (Wildman–Crippen MR) is 72.5 cm³/mol. The minimum atomic E-state index is 0.0473. The summed E-state index contributed by atoms with van der Waals surface area (Å²) in [6.45, 7) is 8.25. The van der Waals surface area contributed by atoms with Gasteiger partial charge in [0.25, 0.3) is 0 Å². The lowest BCUT2D eigenvalue weighted by atomic mass is 10.1. The van der Waals surface area contributed by atoms with E-state index in [1.165, 1.54) is 9.75 Å². The third-order valence-corrected chi connectivity index (χ3v) is 3.93. The van der Waals surface area contributed by atoms with E-state index in [-0.39, 0.29) is 12.1 Å². The van der Waals surface area contributed by atoms with Crippen molar-refractivity contribution in [1.29, 1.82) is 0 Å². The van der Waals surface area contributed by atoms with Crippen molar-refractivity contribution >= 4 is 11.3 Å². The highest BCUT2D eigenvalue weighted by Gasteiger charge is 2.22. The van der Waals surface area contributed by atoms with Crippen molar-refractivity contribution in [3.8, 4) is 0 Å². The Morgan fingerprint density at radius 2 is 2.00 bits per heavy atom. The van der Waals surface area contributed by atoms with Crippen molar-refractivity contribution in [1.82, 2.24) is 9.78 Å². The largest absolute Gasteiger partial charge is 0.326 e. The van der Waals surface area contributed by atoms with E-state index in [0.717, 1.165) is 11.4 Å². The fourth-order valence-electron chi connectivity index (χ4n) is 2.14. The summed E-state index contributed by atoms with van der Waals surface area (Å²) < 4.78 is 2.05. The van der Waals surface area contributed by atoms with Crippen LogP contribution >= 0.6 is 11.3 Å². The van der Waals surface area contributed by atoms with Crippen molar-refractivity contribution in [3.63, 3.8) is 0 Å². The van der Waals surface area contributed by atoms with Gasteiger partial charge in [0.15, 0.2) is 0 Å². The molecular weight excluding hydrogens is 230 g/mol. The molecule has 2 aromatic heterocycles. The molecule has 3 nitrogen and oxygen atoms in total. The van der Waals surface area contributed by atoms with Gasteiger partial charge in [-0.3, -0.25) is 4.68 Å². The predicted octanol–water partition coefficient (Wildman–Crippen LogP) is 2.81. The highest BCUT2D eigenvalue weighted by molar-refractivity contribution is 7.12. The summed E-state index contributed by atoms with van der Waals surface area (Å²) in [5, 5.41) is 4.56. The molecule has 4 heteroatoms. The van der Waals surface area contributed by atoms with E-state index in [2.05, 4.69) is 37.1 Å². The summed E-state index contributed by atoms with van der Waals surface area (Å²) in [5.74, 6) is 0. The number of thiophene rings is 1. The van der Waals surface area contributed by atoms with Crippen LogP contribution in [0.3, 0.4) is 0 Å². The van der Waals surface area contributed by atoms with Crippen molar-refractivity contribution in [3.05, 3.63) is 39.3 Å². The summed E-state index contributed by atoms with van der Waals surface area (Å²) in [4.78, 5) is 2.59. The normalized spacial score (nSPS) is 14.9. The third-order valence-electron chi connectivity index (χ3n) is 2.86. The maximum atomic E-state index is 6.13. The zero-order valence-electron chi connectivity index (χ0n) is 10.8. The lowest BCUT2D eigenvalue weighted by Crippen LogP contribution is -2.31. The quantitative estimate of drug-likeness (QED) is 0.909. The number of nitrogens with zero attached hydrogens (tertiary/aromatic N) is 2. The fourth-order valence-corrected chi connectivity index (χ4v) is 3.22. The highest BCUT2D eigenvalue weighted by atomic mass is 32.1. The molecule has 92 valence electrons. The molecule has 0 aromatic carbocycles. The van der Waals surface area contributed by atoms with Crippen molar-refractivity contribution < 1.29 is 0 Å². The van der Waals surface area contributed by atoms with E-state index < -0.39 is 0 Å². The fraction of sp³-hybridized carbons (Fsp3) is 0.462. The molecule has 2 aromatic rings. The van der Waals surface area contributed by atoms with Crippen LogP contribution in [0.4, 0.5) is 0 Å². The summed E-state index contributed by atoms with van der Waals surface area (Å²) in [6, 6.07) is 6.58. The molecule has 0 bridgehead atoms. The Hall–Kier alpha value is -1.13. The molecule has 0 aliphatic rings. The zero-order chi connectivity index (χ0) is 12.6. The molecule has 0 saturated carbocycles. The van der Waals surface area contributed by atoms with Gasteiger partial charge in [0.05, 0.1) is 5.69 Å². The summed E-state index contributed by atoms with van der Waals surface area (Å²) in [6.07, 6.45) is 0. The first-order valence-corrected chi connectivity index (χ1v) is 6.65. The number of rotatable bonds is 3. The van der Waals surface area contributed by atoms with E-state index in [9.17, 15) is 0 Å². The summed E-state index contributed by atoms with van der Waals surface area (Å²) >= 11 is 1.80. The average molecular weight is 249 g/mol. The first kappa shape index (κ1) is 12.3. The van der Waals surface area contributed by atoms with Crippen LogP contribution in [0.5, 0.6) is 0 Å². The van der Waals surface area contributed by atoms with Crippen molar-refractivity contribution in [2.24, 2.45) is 5.73 Å². The Morgan fingerprint density at radius 1 is 1.29 bits per heavy atom. The second kappa shape index (κ2) is 4.63. The maximum Gasteiger partial charge on any atom is 0.101 e.